The number of piperazine rings is 1. The smallest absolute Gasteiger partial charge is 0.101 e. The van der Waals surface area contributed by atoms with Crippen molar-refractivity contribution in [1.29, 1.82) is 5.26 Å². The zero-order chi connectivity index (χ0) is 16.8. The first-order chi connectivity index (χ1) is 11.8. The molecule has 6 heteroatoms. The standard InChI is InChI=1S/C18H22ClN5/c19-17-14-21-24(15-17)8-4-3-7-22-9-11-23(12-10-22)18-6-2-1-5-16(18)13-20/h1-2,5-6,14-15H,3-4,7-12H2. The van der Waals surface area contributed by atoms with Gasteiger partial charge < -0.3 is 4.90 Å². The van der Waals surface area contributed by atoms with Crippen LogP contribution in [0.5, 0.6) is 0 Å². The number of unbranched alkanes of at least 4 members (excludes halogenated alkanes) is 1. The number of benzene rings is 1. The largest absolute Gasteiger partial charge is 0.368 e. The molecule has 0 atom stereocenters. The van der Waals surface area contributed by atoms with Gasteiger partial charge in [-0.3, -0.25) is 9.58 Å². The van der Waals surface area contributed by atoms with E-state index in [1.807, 2.05) is 35.1 Å². The second-order valence-corrected chi connectivity index (χ2v) is 6.52. The van der Waals surface area contributed by atoms with Crippen LogP contribution in [0, 0.1) is 11.3 Å². The minimum atomic E-state index is 0.698. The number of aromatic nitrogens is 2. The van der Waals surface area contributed by atoms with Crippen LogP contribution < -0.4 is 4.90 Å². The van der Waals surface area contributed by atoms with E-state index in [9.17, 15) is 5.26 Å². The lowest BCUT2D eigenvalue weighted by Crippen LogP contribution is -2.46. The van der Waals surface area contributed by atoms with Crippen molar-refractivity contribution in [3.63, 3.8) is 0 Å². The highest BCUT2D eigenvalue weighted by atomic mass is 35.5. The van der Waals surface area contributed by atoms with Crippen LogP contribution in [-0.2, 0) is 6.54 Å². The van der Waals surface area contributed by atoms with Gasteiger partial charge in [-0.2, -0.15) is 10.4 Å². The number of anilines is 1. The van der Waals surface area contributed by atoms with E-state index in [-0.39, 0.29) is 0 Å². The molecule has 24 heavy (non-hydrogen) atoms. The van der Waals surface area contributed by atoms with E-state index in [2.05, 4.69) is 21.0 Å². The second kappa shape index (κ2) is 8.18. The van der Waals surface area contributed by atoms with Crippen molar-refractivity contribution < 1.29 is 0 Å². The van der Waals surface area contributed by atoms with Crippen LogP contribution in [0.4, 0.5) is 5.69 Å². The lowest BCUT2D eigenvalue weighted by atomic mass is 10.1. The Morgan fingerprint density at radius 2 is 1.83 bits per heavy atom. The maximum atomic E-state index is 9.24. The van der Waals surface area contributed by atoms with Crippen LogP contribution in [0.1, 0.15) is 18.4 Å². The highest BCUT2D eigenvalue weighted by Crippen LogP contribution is 2.21. The van der Waals surface area contributed by atoms with Gasteiger partial charge in [-0.25, -0.2) is 0 Å². The molecule has 0 saturated carbocycles. The molecule has 2 aromatic rings. The fraction of sp³-hybridized carbons (Fsp3) is 0.444. The molecule has 3 rings (SSSR count). The molecule has 0 bridgehead atoms. The van der Waals surface area contributed by atoms with Crippen LogP contribution in [0.3, 0.4) is 0 Å². The summed E-state index contributed by atoms with van der Waals surface area (Å²) < 4.78 is 1.90. The first-order valence-corrected chi connectivity index (χ1v) is 8.78. The highest BCUT2D eigenvalue weighted by molar-refractivity contribution is 6.30. The van der Waals surface area contributed by atoms with Crippen molar-refractivity contribution in [2.75, 3.05) is 37.6 Å². The summed E-state index contributed by atoms with van der Waals surface area (Å²) in [5.74, 6) is 0. The Labute approximate surface area is 148 Å². The summed E-state index contributed by atoms with van der Waals surface area (Å²) in [6, 6.07) is 10.2. The van der Waals surface area contributed by atoms with Crippen molar-refractivity contribution in [3.05, 3.63) is 47.2 Å². The van der Waals surface area contributed by atoms with Crippen molar-refractivity contribution in [3.8, 4) is 6.07 Å². The van der Waals surface area contributed by atoms with E-state index < -0.39 is 0 Å². The van der Waals surface area contributed by atoms with E-state index in [1.165, 1.54) is 0 Å². The normalized spacial score (nSPS) is 15.4. The van der Waals surface area contributed by atoms with E-state index in [0.717, 1.165) is 63.4 Å². The van der Waals surface area contributed by atoms with Crippen molar-refractivity contribution in [2.24, 2.45) is 0 Å². The molecule has 0 N–H and O–H groups in total. The lowest BCUT2D eigenvalue weighted by Gasteiger charge is -2.36. The zero-order valence-corrected chi connectivity index (χ0v) is 14.5. The second-order valence-electron chi connectivity index (χ2n) is 6.09. The summed E-state index contributed by atoms with van der Waals surface area (Å²) in [7, 11) is 0. The van der Waals surface area contributed by atoms with Gasteiger partial charge in [0.15, 0.2) is 0 Å². The molecule has 2 heterocycles. The number of halogens is 1. The van der Waals surface area contributed by atoms with E-state index in [0.29, 0.717) is 5.02 Å². The van der Waals surface area contributed by atoms with Gasteiger partial charge in [0.1, 0.15) is 6.07 Å². The van der Waals surface area contributed by atoms with Gasteiger partial charge >= 0.3 is 0 Å². The summed E-state index contributed by atoms with van der Waals surface area (Å²) in [5.41, 5.74) is 1.83. The van der Waals surface area contributed by atoms with Gasteiger partial charge in [0.05, 0.1) is 22.5 Å². The average molecular weight is 344 g/mol. The third kappa shape index (κ3) is 4.28. The third-order valence-electron chi connectivity index (χ3n) is 4.45. The Balaban J connectivity index is 1.40. The number of para-hydroxylation sites is 1. The Morgan fingerprint density at radius 3 is 2.54 bits per heavy atom. The predicted molar refractivity (Wildman–Crippen MR) is 96.3 cm³/mol. The molecular formula is C18H22ClN5. The van der Waals surface area contributed by atoms with Gasteiger partial charge in [0, 0.05) is 38.9 Å². The summed E-state index contributed by atoms with van der Waals surface area (Å²) in [6.45, 7) is 6.09. The van der Waals surface area contributed by atoms with Crippen LogP contribution in [0.15, 0.2) is 36.7 Å². The Bertz CT molecular complexity index is 697. The van der Waals surface area contributed by atoms with Gasteiger partial charge in [-0.05, 0) is 31.5 Å². The lowest BCUT2D eigenvalue weighted by molar-refractivity contribution is 0.251. The number of hydrogen-bond acceptors (Lipinski definition) is 4. The van der Waals surface area contributed by atoms with Crippen LogP contribution >= 0.6 is 11.6 Å². The average Bonchev–Trinajstić information content (AvgIpc) is 3.04. The molecular weight excluding hydrogens is 322 g/mol. The molecule has 126 valence electrons. The SMILES string of the molecule is N#Cc1ccccc1N1CCN(CCCCn2cc(Cl)cn2)CC1. The Morgan fingerprint density at radius 1 is 1.08 bits per heavy atom. The van der Waals surface area contributed by atoms with E-state index in [1.54, 1.807) is 6.20 Å². The molecule has 1 aromatic carbocycles. The van der Waals surface area contributed by atoms with Gasteiger partial charge in [0.25, 0.3) is 0 Å². The van der Waals surface area contributed by atoms with Crippen molar-refractivity contribution in [2.45, 2.75) is 19.4 Å². The molecule has 1 saturated heterocycles. The first-order valence-electron chi connectivity index (χ1n) is 8.40. The van der Waals surface area contributed by atoms with Crippen LogP contribution in [0.25, 0.3) is 0 Å². The van der Waals surface area contributed by atoms with Gasteiger partial charge in [0.2, 0.25) is 0 Å². The summed E-state index contributed by atoms with van der Waals surface area (Å²) in [6.07, 6.45) is 5.81. The molecule has 0 spiro atoms. The number of aryl methyl sites for hydroxylation is 1. The van der Waals surface area contributed by atoms with Crippen molar-refractivity contribution >= 4 is 17.3 Å². The zero-order valence-electron chi connectivity index (χ0n) is 13.7. The highest BCUT2D eigenvalue weighted by Gasteiger charge is 2.18. The molecule has 0 radical (unpaired) electrons. The number of rotatable bonds is 6. The first kappa shape index (κ1) is 16.8. The molecule has 5 nitrogen and oxygen atoms in total. The minimum Gasteiger partial charge on any atom is -0.368 e. The Kier molecular flexibility index (Phi) is 5.73. The van der Waals surface area contributed by atoms with E-state index in [4.69, 9.17) is 11.6 Å². The van der Waals surface area contributed by atoms with Crippen LogP contribution in [0.2, 0.25) is 5.02 Å². The molecule has 0 amide bonds. The fourth-order valence-corrected chi connectivity index (χ4v) is 3.28. The predicted octanol–water partition coefficient (Wildman–Crippen LogP) is 3.01. The summed E-state index contributed by atoms with van der Waals surface area (Å²) in [5, 5.41) is 14.1. The molecule has 1 aliphatic heterocycles. The monoisotopic (exact) mass is 343 g/mol. The minimum absolute atomic E-state index is 0.698. The fourth-order valence-electron chi connectivity index (χ4n) is 3.13. The molecule has 0 aliphatic carbocycles. The topological polar surface area (TPSA) is 48.1 Å². The molecule has 0 unspecified atom stereocenters. The number of nitriles is 1. The van der Waals surface area contributed by atoms with Gasteiger partial charge in [-0.1, -0.05) is 23.7 Å². The number of hydrogen-bond donors (Lipinski definition) is 0. The van der Waals surface area contributed by atoms with E-state index >= 15 is 0 Å². The number of nitrogens with zero attached hydrogens (tertiary/aromatic N) is 5. The van der Waals surface area contributed by atoms with Crippen molar-refractivity contribution in [1.82, 2.24) is 14.7 Å². The van der Waals surface area contributed by atoms with Crippen LogP contribution in [-0.4, -0.2) is 47.4 Å². The third-order valence-corrected chi connectivity index (χ3v) is 4.65. The molecule has 1 aliphatic rings. The quantitative estimate of drug-likeness (QED) is 0.756. The maximum absolute atomic E-state index is 9.24. The summed E-state index contributed by atoms with van der Waals surface area (Å²) in [4.78, 5) is 4.82. The Hall–Kier alpha value is -2.03. The summed E-state index contributed by atoms with van der Waals surface area (Å²) >= 11 is 5.86. The molecule has 1 fully saturated rings. The van der Waals surface area contributed by atoms with Gasteiger partial charge in [-0.15, -0.1) is 0 Å². The molecule has 1 aromatic heterocycles. The maximum Gasteiger partial charge on any atom is 0.101 e.